The molecule has 1 N–H and O–H groups in total. The molecule has 0 amide bonds. The molecule has 19 heavy (non-hydrogen) atoms. The summed E-state index contributed by atoms with van der Waals surface area (Å²) in [4.78, 5) is 0. The largest absolute Gasteiger partial charge is 0.316 e. The molecular weight excluding hydrogens is 230 g/mol. The number of benzene rings is 1. The Balaban J connectivity index is 2.01. The van der Waals surface area contributed by atoms with E-state index in [1.54, 1.807) is 5.56 Å². The molecule has 1 fully saturated rings. The van der Waals surface area contributed by atoms with Crippen molar-refractivity contribution in [1.82, 2.24) is 5.32 Å². The van der Waals surface area contributed by atoms with Gasteiger partial charge in [-0.25, -0.2) is 0 Å². The van der Waals surface area contributed by atoms with E-state index in [0.29, 0.717) is 5.41 Å². The summed E-state index contributed by atoms with van der Waals surface area (Å²) in [5.74, 6) is 0.749. The summed E-state index contributed by atoms with van der Waals surface area (Å²) in [5, 5.41) is 3.66. The predicted molar refractivity (Wildman–Crippen MR) is 83.7 cm³/mol. The van der Waals surface area contributed by atoms with Crippen LogP contribution in [0.15, 0.2) is 12.1 Å². The van der Waals surface area contributed by atoms with Gasteiger partial charge in [-0.3, -0.25) is 0 Å². The summed E-state index contributed by atoms with van der Waals surface area (Å²) in [5.41, 5.74) is 6.50. The lowest BCUT2D eigenvalue weighted by molar-refractivity contribution is 0.430. The van der Waals surface area contributed by atoms with Crippen molar-refractivity contribution in [2.75, 3.05) is 13.1 Å². The van der Waals surface area contributed by atoms with Gasteiger partial charge in [-0.05, 0) is 74.6 Å². The zero-order valence-corrected chi connectivity index (χ0v) is 13.3. The maximum absolute atomic E-state index is 3.66. The zero-order valence-electron chi connectivity index (χ0n) is 13.3. The molecule has 0 unspecified atom stereocenters. The minimum atomic E-state index is 0.555. The van der Waals surface area contributed by atoms with Crippen molar-refractivity contribution >= 4 is 0 Å². The lowest BCUT2D eigenvalue weighted by Gasteiger charge is -2.20. The van der Waals surface area contributed by atoms with Gasteiger partial charge in [-0.2, -0.15) is 0 Å². The molecule has 0 saturated heterocycles. The van der Waals surface area contributed by atoms with E-state index in [2.05, 4.69) is 52.1 Å². The molecule has 1 saturated carbocycles. The smallest absolute Gasteiger partial charge is 0.00111 e. The van der Waals surface area contributed by atoms with Crippen LogP contribution in [0.2, 0.25) is 0 Å². The average molecular weight is 259 g/mol. The Morgan fingerprint density at radius 1 is 1.11 bits per heavy atom. The van der Waals surface area contributed by atoms with Crippen molar-refractivity contribution in [1.29, 1.82) is 0 Å². The van der Waals surface area contributed by atoms with Crippen molar-refractivity contribution in [2.24, 2.45) is 11.3 Å². The summed E-state index contributed by atoms with van der Waals surface area (Å²) in [6.07, 6.45) is 4.05. The van der Waals surface area contributed by atoms with Gasteiger partial charge in [0, 0.05) is 6.54 Å². The van der Waals surface area contributed by atoms with Gasteiger partial charge >= 0.3 is 0 Å². The number of hydrogen-bond donors (Lipinski definition) is 1. The van der Waals surface area contributed by atoms with Crippen LogP contribution in [-0.2, 0) is 6.42 Å². The van der Waals surface area contributed by atoms with Gasteiger partial charge in [0.05, 0.1) is 0 Å². The van der Waals surface area contributed by atoms with Crippen LogP contribution >= 0.6 is 0 Å². The van der Waals surface area contributed by atoms with Crippen LogP contribution in [0.3, 0.4) is 0 Å². The van der Waals surface area contributed by atoms with Gasteiger partial charge in [0.1, 0.15) is 0 Å². The summed E-state index contributed by atoms with van der Waals surface area (Å²) in [6, 6.07) is 4.67. The fourth-order valence-corrected chi connectivity index (χ4v) is 3.08. The Kier molecular flexibility index (Phi) is 4.35. The molecule has 106 valence electrons. The minimum absolute atomic E-state index is 0.555. The van der Waals surface area contributed by atoms with Crippen LogP contribution in [-0.4, -0.2) is 13.1 Å². The average Bonchev–Trinajstić information content (AvgIpc) is 3.03. The molecule has 0 aromatic heterocycles. The number of rotatable bonds is 6. The van der Waals surface area contributed by atoms with Gasteiger partial charge in [0.15, 0.2) is 0 Å². The number of aryl methyl sites for hydroxylation is 3. The standard InChI is InChI=1S/C18H29N/c1-13(2)11-19-12-18(6-7-18)10-17-15(4)8-14(3)9-16(17)5/h8-9,13,19H,6-7,10-12H2,1-5H3. The molecule has 2 rings (SSSR count). The van der Waals surface area contributed by atoms with E-state index in [4.69, 9.17) is 0 Å². The van der Waals surface area contributed by atoms with E-state index in [9.17, 15) is 0 Å². The predicted octanol–water partition coefficient (Wildman–Crippen LogP) is 4.18. The minimum Gasteiger partial charge on any atom is -0.316 e. The number of nitrogens with one attached hydrogen (secondary N) is 1. The SMILES string of the molecule is Cc1cc(C)c(CC2(CNCC(C)C)CC2)c(C)c1. The molecule has 1 nitrogen and oxygen atoms in total. The Morgan fingerprint density at radius 2 is 1.68 bits per heavy atom. The molecule has 1 aliphatic rings. The quantitative estimate of drug-likeness (QED) is 0.808. The maximum atomic E-state index is 3.66. The summed E-state index contributed by atoms with van der Waals surface area (Å²) >= 11 is 0. The Labute approximate surface area is 118 Å². The second-order valence-electron chi connectivity index (χ2n) is 7.08. The van der Waals surface area contributed by atoms with Crippen LogP contribution in [0, 0.1) is 32.1 Å². The van der Waals surface area contributed by atoms with E-state index in [1.165, 1.54) is 42.5 Å². The van der Waals surface area contributed by atoms with E-state index in [0.717, 1.165) is 12.5 Å². The van der Waals surface area contributed by atoms with Crippen molar-refractivity contribution in [3.05, 3.63) is 34.4 Å². The lowest BCUT2D eigenvalue weighted by Crippen LogP contribution is -2.29. The summed E-state index contributed by atoms with van der Waals surface area (Å²) in [6.45, 7) is 13.6. The second-order valence-corrected chi connectivity index (χ2v) is 7.08. The topological polar surface area (TPSA) is 12.0 Å². The first kappa shape index (κ1) is 14.6. The van der Waals surface area contributed by atoms with Crippen molar-refractivity contribution in [3.63, 3.8) is 0 Å². The van der Waals surface area contributed by atoms with Crippen LogP contribution in [0.1, 0.15) is 48.9 Å². The Hall–Kier alpha value is -0.820. The molecule has 0 spiro atoms. The third-order valence-corrected chi connectivity index (χ3v) is 4.40. The van der Waals surface area contributed by atoms with E-state index in [1.807, 2.05) is 0 Å². The highest BCUT2D eigenvalue weighted by atomic mass is 14.9. The third kappa shape index (κ3) is 3.82. The van der Waals surface area contributed by atoms with Crippen molar-refractivity contribution < 1.29 is 0 Å². The monoisotopic (exact) mass is 259 g/mol. The molecule has 1 aromatic rings. The fourth-order valence-electron chi connectivity index (χ4n) is 3.08. The van der Waals surface area contributed by atoms with Crippen molar-refractivity contribution in [3.8, 4) is 0 Å². The van der Waals surface area contributed by atoms with Crippen LogP contribution < -0.4 is 5.32 Å². The summed E-state index contributed by atoms with van der Waals surface area (Å²) < 4.78 is 0. The number of hydrogen-bond acceptors (Lipinski definition) is 1. The third-order valence-electron chi connectivity index (χ3n) is 4.40. The van der Waals surface area contributed by atoms with Gasteiger partial charge in [-0.1, -0.05) is 31.5 Å². The summed E-state index contributed by atoms with van der Waals surface area (Å²) in [7, 11) is 0. The zero-order chi connectivity index (χ0) is 14.0. The first-order chi connectivity index (χ1) is 8.92. The molecule has 1 aromatic carbocycles. The molecule has 0 atom stereocenters. The second kappa shape index (κ2) is 5.66. The van der Waals surface area contributed by atoms with E-state index >= 15 is 0 Å². The van der Waals surface area contributed by atoms with Gasteiger partial charge in [0.2, 0.25) is 0 Å². The van der Waals surface area contributed by atoms with Crippen LogP contribution in [0.25, 0.3) is 0 Å². The van der Waals surface area contributed by atoms with Crippen LogP contribution in [0.5, 0.6) is 0 Å². The normalized spacial score (nSPS) is 16.9. The molecule has 1 aliphatic carbocycles. The van der Waals surface area contributed by atoms with Crippen molar-refractivity contribution in [2.45, 2.75) is 53.9 Å². The highest BCUT2D eigenvalue weighted by Crippen LogP contribution is 2.48. The molecule has 0 aliphatic heterocycles. The highest BCUT2D eigenvalue weighted by Gasteiger charge is 2.42. The first-order valence-corrected chi connectivity index (χ1v) is 7.69. The van der Waals surface area contributed by atoms with Crippen LogP contribution in [0.4, 0.5) is 0 Å². The molecular formula is C18H29N. The van der Waals surface area contributed by atoms with Gasteiger partial charge in [-0.15, -0.1) is 0 Å². The van der Waals surface area contributed by atoms with E-state index < -0.39 is 0 Å². The fraction of sp³-hybridized carbons (Fsp3) is 0.667. The lowest BCUT2D eigenvalue weighted by atomic mass is 9.89. The first-order valence-electron chi connectivity index (χ1n) is 7.69. The maximum Gasteiger partial charge on any atom is 0.00111 e. The molecule has 0 heterocycles. The van der Waals surface area contributed by atoms with Gasteiger partial charge in [0.25, 0.3) is 0 Å². The van der Waals surface area contributed by atoms with Gasteiger partial charge < -0.3 is 5.32 Å². The molecule has 0 radical (unpaired) electrons. The Morgan fingerprint density at radius 3 is 2.16 bits per heavy atom. The highest BCUT2D eigenvalue weighted by molar-refractivity contribution is 5.38. The molecule has 1 heteroatoms. The van der Waals surface area contributed by atoms with E-state index in [-0.39, 0.29) is 0 Å². The Bertz CT molecular complexity index is 418. The molecule has 0 bridgehead atoms.